The Bertz CT molecular complexity index is 456. The van der Waals surface area contributed by atoms with Crippen molar-refractivity contribution in [1.29, 1.82) is 0 Å². The van der Waals surface area contributed by atoms with E-state index < -0.39 is 16.6 Å². The van der Waals surface area contributed by atoms with Crippen LogP contribution in [0.15, 0.2) is 11.4 Å². The van der Waals surface area contributed by atoms with Crippen LogP contribution in [0.4, 0.5) is 5.69 Å². The van der Waals surface area contributed by atoms with Gasteiger partial charge >= 0.3 is 11.7 Å². The van der Waals surface area contributed by atoms with Gasteiger partial charge in [-0.1, -0.05) is 5.18 Å². The zero-order chi connectivity index (χ0) is 13.5. The molecular weight excluding hydrogens is 244 g/mol. The summed E-state index contributed by atoms with van der Waals surface area (Å²) in [4.78, 5) is 31.2. The van der Waals surface area contributed by atoms with Gasteiger partial charge in [0, 0.05) is 6.54 Å². The highest BCUT2D eigenvalue weighted by Crippen LogP contribution is 2.17. The second-order valence-electron chi connectivity index (χ2n) is 3.43. The Labute approximate surface area is 102 Å². The number of nitro groups is 1. The van der Waals surface area contributed by atoms with Crippen LogP contribution in [-0.4, -0.2) is 34.3 Å². The molecule has 1 aromatic heterocycles. The van der Waals surface area contributed by atoms with Crippen LogP contribution in [0, 0.1) is 15.0 Å². The zero-order valence-electron chi connectivity index (χ0n) is 9.74. The Morgan fingerprint density at radius 1 is 1.61 bits per heavy atom. The van der Waals surface area contributed by atoms with Crippen LogP contribution in [0.1, 0.15) is 23.3 Å². The first kappa shape index (κ1) is 13.7. The predicted octanol–water partition coefficient (Wildman–Crippen LogP) is 1.12. The monoisotopic (exact) mass is 256 g/mol. The summed E-state index contributed by atoms with van der Waals surface area (Å²) in [6.07, 6.45) is 2.32. The lowest BCUT2D eigenvalue weighted by Gasteiger charge is -1.97. The summed E-state index contributed by atoms with van der Waals surface area (Å²) in [5.74, 6) is -0.852. The molecule has 0 aromatic carbocycles. The van der Waals surface area contributed by atoms with E-state index in [4.69, 9.17) is 0 Å². The van der Waals surface area contributed by atoms with Gasteiger partial charge in [-0.15, -0.1) is 0 Å². The highest BCUT2D eigenvalue weighted by atomic mass is 16.6. The fourth-order valence-electron chi connectivity index (χ4n) is 1.35. The molecule has 0 aliphatic carbocycles. The first-order chi connectivity index (χ1) is 8.60. The number of hydrogen-bond donors (Lipinski definition) is 0. The van der Waals surface area contributed by atoms with Crippen LogP contribution in [0.25, 0.3) is 0 Å². The Morgan fingerprint density at radius 3 is 2.89 bits per heavy atom. The summed E-state index contributed by atoms with van der Waals surface area (Å²) in [6, 6.07) is 0. The van der Waals surface area contributed by atoms with E-state index in [9.17, 15) is 19.8 Å². The van der Waals surface area contributed by atoms with E-state index in [-0.39, 0.29) is 12.2 Å². The van der Waals surface area contributed by atoms with Crippen LogP contribution in [0.2, 0.25) is 0 Å². The molecule has 0 bridgehead atoms. The number of nitroso groups, excluding NO2 is 1. The van der Waals surface area contributed by atoms with Crippen LogP contribution in [0.3, 0.4) is 0 Å². The number of rotatable bonds is 7. The molecule has 0 atom stereocenters. The van der Waals surface area contributed by atoms with Gasteiger partial charge in [0.2, 0.25) is 5.69 Å². The largest absolute Gasteiger partial charge is 0.464 e. The minimum Gasteiger partial charge on any atom is -0.464 e. The molecule has 0 radical (unpaired) electrons. The van der Waals surface area contributed by atoms with Crippen LogP contribution in [-0.2, 0) is 11.3 Å². The lowest BCUT2D eigenvalue weighted by atomic mass is 10.3. The maximum Gasteiger partial charge on any atom is 0.365 e. The van der Waals surface area contributed by atoms with Crippen molar-refractivity contribution in [2.45, 2.75) is 19.4 Å². The highest BCUT2D eigenvalue weighted by Gasteiger charge is 2.26. The maximum atomic E-state index is 11.3. The minimum atomic E-state index is -0.852. The zero-order valence-corrected chi connectivity index (χ0v) is 9.74. The Morgan fingerprint density at radius 2 is 2.33 bits per heavy atom. The smallest absolute Gasteiger partial charge is 0.365 e. The molecule has 0 spiro atoms. The van der Waals surface area contributed by atoms with Crippen molar-refractivity contribution in [3.8, 4) is 0 Å². The van der Waals surface area contributed by atoms with Gasteiger partial charge in [0.25, 0.3) is 0 Å². The van der Waals surface area contributed by atoms with Gasteiger partial charge in [-0.3, -0.25) is 14.8 Å². The van der Waals surface area contributed by atoms with Gasteiger partial charge in [-0.25, -0.2) is 4.79 Å². The lowest BCUT2D eigenvalue weighted by molar-refractivity contribution is -0.385. The Kier molecular flexibility index (Phi) is 4.90. The third-order valence-corrected chi connectivity index (χ3v) is 2.20. The molecule has 0 saturated carbocycles. The number of ether oxygens (including phenoxy) is 1. The van der Waals surface area contributed by atoms with E-state index in [0.29, 0.717) is 19.4 Å². The van der Waals surface area contributed by atoms with Crippen molar-refractivity contribution in [2.75, 3.05) is 13.7 Å². The molecule has 1 rings (SSSR count). The number of nitrogens with zero attached hydrogens (tertiary/aromatic N) is 4. The van der Waals surface area contributed by atoms with E-state index in [0.717, 1.165) is 7.11 Å². The fraction of sp³-hybridized carbons (Fsp3) is 0.556. The molecule has 9 heteroatoms. The summed E-state index contributed by atoms with van der Waals surface area (Å²) in [5.41, 5.74) is -0.716. The molecule has 0 N–H and O–H groups in total. The second kappa shape index (κ2) is 6.42. The number of aryl methyl sites for hydroxylation is 1. The number of methoxy groups -OCH3 is 1. The minimum absolute atomic E-state index is 0.188. The third-order valence-electron chi connectivity index (χ3n) is 2.20. The fourth-order valence-corrected chi connectivity index (χ4v) is 1.35. The van der Waals surface area contributed by atoms with Crippen molar-refractivity contribution in [2.24, 2.45) is 5.18 Å². The molecule has 18 heavy (non-hydrogen) atoms. The van der Waals surface area contributed by atoms with E-state index in [2.05, 4.69) is 15.0 Å². The summed E-state index contributed by atoms with van der Waals surface area (Å²) in [7, 11) is 1.13. The molecule has 0 fully saturated rings. The number of carbonyl (C=O) groups is 1. The van der Waals surface area contributed by atoms with Crippen molar-refractivity contribution in [1.82, 2.24) is 9.78 Å². The number of carbonyl (C=O) groups excluding carboxylic acids is 1. The normalized spacial score (nSPS) is 10.1. The molecule has 1 heterocycles. The van der Waals surface area contributed by atoms with Crippen LogP contribution >= 0.6 is 0 Å². The first-order valence-corrected chi connectivity index (χ1v) is 5.19. The highest BCUT2D eigenvalue weighted by molar-refractivity contribution is 5.91. The average molecular weight is 256 g/mol. The van der Waals surface area contributed by atoms with E-state index >= 15 is 0 Å². The Hall–Kier alpha value is -2.32. The second-order valence-corrected chi connectivity index (χ2v) is 3.43. The molecular formula is C9H12N4O5. The van der Waals surface area contributed by atoms with Crippen LogP contribution < -0.4 is 0 Å². The summed E-state index contributed by atoms with van der Waals surface area (Å²) in [5, 5.41) is 17.2. The van der Waals surface area contributed by atoms with Crippen molar-refractivity contribution in [3.05, 3.63) is 26.9 Å². The quantitative estimate of drug-likeness (QED) is 0.237. The third kappa shape index (κ3) is 3.34. The van der Waals surface area contributed by atoms with Crippen molar-refractivity contribution >= 4 is 11.7 Å². The summed E-state index contributed by atoms with van der Waals surface area (Å²) in [6.45, 7) is 0.556. The predicted molar refractivity (Wildman–Crippen MR) is 60.1 cm³/mol. The number of unbranched alkanes of at least 4 members (excludes halogenated alkanes) is 1. The van der Waals surface area contributed by atoms with Gasteiger partial charge in [0.15, 0.2) is 0 Å². The Balaban J connectivity index is 2.79. The van der Waals surface area contributed by atoms with Crippen LogP contribution in [0.5, 0.6) is 0 Å². The molecule has 1 aromatic rings. The SMILES string of the molecule is COC(=O)c1nn(CCCCN=O)cc1[N+](=O)[O-]. The molecule has 0 aliphatic rings. The van der Waals surface area contributed by atoms with Gasteiger partial charge < -0.3 is 4.74 Å². The molecule has 98 valence electrons. The average Bonchev–Trinajstić information content (AvgIpc) is 2.78. The van der Waals surface area contributed by atoms with Crippen molar-refractivity contribution in [3.63, 3.8) is 0 Å². The molecule has 0 amide bonds. The standard InChI is InChI=1S/C9H12N4O5/c1-18-9(14)8-7(13(16)17)6-12(11-8)5-3-2-4-10-15/h6H,2-5H2,1H3. The topological polar surface area (TPSA) is 117 Å². The van der Waals surface area contributed by atoms with E-state index in [1.165, 1.54) is 10.9 Å². The molecule has 0 aliphatic heterocycles. The van der Waals surface area contributed by atoms with Gasteiger partial charge in [0.1, 0.15) is 6.20 Å². The molecule has 9 nitrogen and oxygen atoms in total. The first-order valence-electron chi connectivity index (χ1n) is 5.19. The number of hydrogen-bond acceptors (Lipinski definition) is 7. The maximum absolute atomic E-state index is 11.3. The van der Waals surface area contributed by atoms with Gasteiger partial charge in [0.05, 0.1) is 18.6 Å². The van der Waals surface area contributed by atoms with E-state index in [1.807, 2.05) is 0 Å². The van der Waals surface area contributed by atoms with Gasteiger partial charge in [-0.05, 0) is 12.8 Å². The van der Waals surface area contributed by atoms with Gasteiger partial charge in [-0.2, -0.15) is 10.0 Å². The number of esters is 1. The van der Waals surface area contributed by atoms with E-state index in [1.54, 1.807) is 0 Å². The van der Waals surface area contributed by atoms with Crippen molar-refractivity contribution < 1.29 is 14.5 Å². The summed E-state index contributed by atoms with van der Waals surface area (Å²) < 4.78 is 5.69. The lowest BCUT2D eigenvalue weighted by Crippen LogP contribution is -2.06. The molecule has 0 unspecified atom stereocenters. The molecule has 0 saturated heterocycles. The number of aromatic nitrogens is 2. The summed E-state index contributed by atoms with van der Waals surface area (Å²) >= 11 is 0.